The van der Waals surface area contributed by atoms with Crippen molar-refractivity contribution in [1.82, 2.24) is 4.98 Å². The minimum Gasteiger partial charge on any atom is -0.465 e. The van der Waals surface area contributed by atoms with E-state index in [0.717, 1.165) is 6.07 Å². The van der Waals surface area contributed by atoms with E-state index in [0.29, 0.717) is 10.9 Å². The number of aromatic nitrogens is 1. The second-order valence-electron chi connectivity index (χ2n) is 6.50. The molecule has 0 bridgehead atoms. The van der Waals surface area contributed by atoms with Crippen LogP contribution in [0.4, 0.5) is 5.69 Å². The van der Waals surface area contributed by atoms with Crippen LogP contribution in [-0.2, 0) is 19.0 Å². The van der Waals surface area contributed by atoms with E-state index in [1.165, 1.54) is 32.4 Å². The fraction of sp³-hybridized carbons (Fsp3) is 0.136. The van der Waals surface area contributed by atoms with Crippen LogP contribution in [0.2, 0.25) is 0 Å². The minimum absolute atomic E-state index is 0.0117. The number of hydrogen-bond donors (Lipinski definition) is 2. The van der Waals surface area contributed by atoms with Crippen LogP contribution >= 0.6 is 0 Å². The van der Waals surface area contributed by atoms with Crippen molar-refractivity contribution >= 4 is 40.4 Å². The summed E-state index contributed by atoms with van der Waals surface area (Å²) in [6, 6.07) is 11.6. The monoisotopic (exact) mass is 438 g/mol. The predicted molar refractivity (Wildman–Crippen MR) is 113 cm³/mol. The number of anilines is 1. The third-order valence-corrected chi connectivity index (χ3v) is 4.36. The highest BCUT2D eigenvalue weighted by Gasteiger charge is 2.17. The molecule has 164 valence electrons. The van der Waals surface area contributed by atoms with Crippen molar-refractivity contribution in [3.05, 3.63) is 75.6 Å². The van der Waals surface area contributed by atoms with Crippen molar-refractivity contribution < 1.29 is 33.4 Å². The largest absolute Gasteiger partial charge is 0.465 e. The zero-order valence-corrected chi connectivity index (χ0v) is 17.1. The highest BCUT2D eigenvalue weighted by Crippen LogP contribution is 2.18. The summed E-state index contributed by atoms with van der Waals surface area (Å²) in [6.07, 6.45) is 0. The quantitative estimate of drug-likeness (QED) is 0.439. The molecule has 0 spiro atoms. The molecule has 3 rings (SSSR count). The summed E-state index contributed by atoms with van der Waals surface area (Å²) in [4.78, 5) is 62.8. The Hall–Kier alpha value is -4.47. The first-order valence-electron chi connectivity index (χ1n) is 9.23. The highest BCUT2D eigenvalue weighted by atomic mass is 16.5. The van der Waals surface area contributed by atoms with E-state index in [1.54, 1.807) is 24.3 Å². The van der Waals surface area contributed by atoms with Crippen molar-refractivity contribution in [1.29, 1.82) is 0 Å². The molecule has 0 aliphatic carbocycles. The number of aromatic amines is 1. The Balaban J connectivity index is 1.75. The van der Waals surface area contributed by atoms with Crippen LogP contribution in [0.1, 0.15) is 31.1 Å². The van der Waals surface area contributed by atoms with E-state index < -0.39 is 36.0 Å². The van der Waals surface area contributed by atoms with E-state index in [1.807, 2.05) is 0 Å². The van der Waals surface area contributed by atoms with Gasteiger partial charge in [-0.15, -0.1) is 0 Å². The van der Waals surface area contributed by atoms with Gasteiger partial charge in [0.15, 0.2) is 6.61 Å². The molecule has 10 heteroatoms. The third kappa shape index (κ3) is 4.98. The van der Waals surface area contributed by atoms with E-state index in [2.05, 4.69) is 19.8 Å². The van der Waals surface area contributed by atoms with Gasteiger partial charge in [-0.05, 0) is 24.3 Å². The number of carbonyl (C=O) groups is 4. The first-order valence-corrected chi connectivity index (χ1v) is 9.23. The summed E-state index contributed by atoms with van der Waals surface area (Å²) >= 11 is 0. The molecule has 0 fully saturated rings. The van der Waals surface area contributed by atoms with Crippen molar-refractivity contribution in [2.75, 3.05) is 26.1 Å². The standard InChI is InChI=1S/C22H18N2O8/c1-30-20(27)12-7-13(21(28)31-2)9-14(8-12)23-19(26)11-32-22(29)16-10-18(25)24-17-6-4-3-5-15(16)17/h3-10H,11H2,1-2H3,(H,23,26)(H,24,25). The SMILES string of the molecule is COC(=O)c1cc(NC(=O)COC(=O)c2cc(=O)[nH]c3ccccc23)cc(C(=O)OC)c1. The fourth-order valence-corrected chi connectivity index (χ4v) is 2.95. The highest BCUT2D eigenvalue weighted by molar-refractivity contribution is 6.04. The van der Waals surface area contributed by atoms with Gasteiger partial charge in [0.25, 0.3) is 5.91 Å². The Labute approximate surface area is 181 Å². The lowest BCUT2D eigenvalue weighted by atomic mass is 10.1. The van der Waals surface area contributed by atoms with Gasteiger partial charge in [-0.25, -0.2) is 14.4 Å². The molecule has 1 aromatic heterocycles. The molecule has 0 aliphatic heterocycles. The fourth-order valence-electron chi connectivity index (χ4n) is 2.95. The minimum atomic E-state index is -0.860. The number of carbonyl (C=O) groups excluding carboxylic acids is 4. The van der Waals surface area contributed by atoms with Crippen LogP contribution in [-0.4, -0.2) is 49.6 Å². The van der Waals surface area contributed by atoms with Crippen LogP contribution < -0.4 is 10.9 Å². The maximum atomic E-state index is 12.5. The summed E-state index contributed by atoms with van der Waals surface area (Å²) in [5, 5.41) is 2.90. The molecule has 2 aromatic carbocycles. The molecule has 0 saturated heterocycles. The summed E-state index contributed by atoms with van der Waals surface area (Å²) < 4.78 is 14.3. The molecule has 0 saturated carbocycles. The number of para-hydroxylation sites is 1. The zero-order chi connectivity index (χ0) is 23.3. The average Bonchev–Trinajstić information content (AvgIpc) is 2.80. The van der Waals surface area contributed by atoms with Gasteiger partial charge in [0, 0.05) is 22.7 Å². The normalized spacial score (nSPS) is 10.3. The van der Waals surface area contributed by atoms with Crippen LogP contribution in [0.3, 0.4) is 0 Å². The lowest BCUT2D eigenvalue weighted by molar-refractivity contribution is -0.119. The van der Waals surface area contributed by atoms with Crippen LogP contribution in [0.5, 0.6) is 0 Å². The Morgan fingerprint density at radius 3 is 2.12 bits per heavy atom. The van der Waals surface area contributed by atoms with Crippen molar-refractivity contribution in [3.8, 4) is 0 Å². The van der Waals surface area contributed by atoms with Gasteiger partial charge in [0.05, 0.1) is 30.9 Å². The van der Waals surface area contributed by atoms with E-state index in [9.17, 15) is 24.0 Å². The Morgan fingerprint density at radius 1 is 0.875 bits per heavy atom. The van der Waals surface area contributed by atoms with Crippen LogP contribution in [0.25, 0.3) is 10.9 Å². The number of rotatable bonds is 6. The van der Waals surface area contributed by atoms with Gasteiger partial charge in [-0.1, -0.05) is 18.2 Å². The molecule has 1 amide bonds. The lowest BCUT2D eigenvalue weighted by Crippen LogP contribution is -2.22. The number of fused-ring (bicyclic) bond motifs is 1. The summed E-state index contributed by atoms with van der Waals surface area (Å²) in [7, 11) is 2.34. The summed E-state index contributed by atoms with van der Waals surface area (Å²) in [5.74, 6) is -3.04. The first-order chi connectivity index (χ1) is 15.3. The van der Waals surface area contributed by atoms with Gasteiger partial charge < -0.3 is 24.5 Å². The molecular formula is C22H18N2O8. The Kier molecular flexibility index (Phi) is 6.64. The number of ether oxygens (including phenoxy) is 3. The molecule has 0 aliphatic rings. The lowest BCUT2D eigenvalue weighted by Gasteiger charge is -2.10. The number of H-pyrrole nitrogens is 1. The zero-order valence-electron chi connectivity index (χ0n) is 17.1. The van der Waals surface area contributed by atoms with Crippen LogP contribution in [0.15, 0.2) is 53.3 Å². The second-order valence-corrected chi connectivity index (χ2v) is 6.50. The second kappa shape index (κ2) is 9.56. The molecule has 3 aromatic rings. The number of nitrogens with one attached hydrogen (secondary N) is 2. The van der Waals surface area contributed by atoms with Crippen molar-refractivity contribution in [2.24, 2.45) is 0 Å². The smallest absolute Gasteiger partial charge is 0.339 e. The number of methoxy groups -OCH3 is 2. The number of esters is 3. The molecule has 0 radical (unpaired) electrons. The maximum absolute atomic E-state index is 12.5. The number of pyridine rings is 1. The predicted octanol–water partition coefficient (Wildman–Crippen LogP) is 1.90. The number of benzene rings is 2. The van der Waals surface area contributed by atoms with Gasteiger partial charge >= 0.3 is 17.9 Å². The number of hydrogen-bond acceptors (Lipinski definition) is 8. The van der Waals surface area contributed by atoms with Gasteiger partial charge in [-0.2, -0.15) is 0 Å². The molecule has 32 heavy (non-hydrogen) atoms. The summed E-state index contributed by atoms with van der Waals surface area (Å²) in [6.45, 7) is -0.671. The molecule has 10 nitrogen and oxygen atoms in total. The molecular weight excluding hydrogens is 420 g/mol. The van der Waals surface area contributed by atoms with Crippen molar-refractivity contribution in [2.45, 2.75) is 0 Å². The number of amides is 1. The molecule has 2 N–H and O–H groups in total. The summed E-state index contributed by atoms with van der Waals surface area (Å²) in [5.41, 5.74) is 0.0885. The maximum Gasteiger partial charge on any atom is 0.339 e. The Bertz CT molecular complexity index is 1240. The van der Waals surface area contributed by atoms with Crippen LogP contribution in [0, 0.1) is 0 Å². The van der Waals surface area contributed by atoms with Gasteiger partial charge in [-0.3, -0.25) is 9.59 Å². The first kappa shape index (κ1) is 22.2. The molecule has 0 unspecified atom stereocenters. The topological polar surface area (TPSA) is 141 Å². The molecule has 1 heterocycles. The van der Waals surface area contributed by atoms with E-state index in [4.69, 9.17) is 4.74 Å². The van der Waals surface area contributed by atoms with Gasteiger partial charge in [0.2, 0.25) is 5.56 Å². The average molecular weight is 438 g/mol. The Morgan fingerprint density at radius 2 is 1.50 bits per heavy atom. The third-order valence-electron chi connectivity index (χ3n) is 4.36. The van der Waals surface area contributed by atoms with Gasteiger partial charge in [0.1, 0.15) is 0 Å². The molecule has 0 atom stereocenters. The van der Waals surface area contributed by atoms with E-state index >= 15 is 0 Å². The van der Waals surface area contributed by atoms with E-state index in [-0.39, 0.29) is 22.4 Å². The van der Waals surface area contributed by atoms with Crippen molar-refractivity contribution in [3.63, 3.8) is 0 Å².